The number of nitrogens with zero attached hydrogens (tertiary/aromatic N) is 4. The summed E-state index contributed by atoms with van der Waals surface area (Å²) in [6.07, 6.45) is -0.145. The lowest BCUT2D eigenvalue weighted by atomic mass is 9.82. The molecule has 12 atom stereocenters. The Hall–Kier alpha value is -10.3. The summed E-state index contributed by atoms with van der Waals surface area (Å²) in [4.78, 5) is 146. The monoisotopic (exact) mass is 1730 g/mol. The van der Waals surface area contributed by atoms with Crippen molar-refractivity contribution in [2.24, 2.45) is 50.5 Å². The number of carboxylic acids is 1. The van der Waals surface area contributed by atoms with Gasteiger partial charge < -0.3 is 66.4 Å². The third-order valence-corrected chi connectivity index (χ3v) is 28.1. The number of carbonyl (C=O) groups excluding carboxylic acids is 9. The van der Waals surface area contributed by atoms with Crippen molar-refractivity contribution in [1.82, 2.24) is 45.8 Å². The summed E-state index contributed by atoms with van der Waals surface area (Å²) in [6, 6.07) is 23.9. The van der Waals surface area contributed by atoms with E-state index in [4.69, 9.17) is 25.3 Å². The Kier molecular flexibility index (Phi) is 27.1. The van der Waals surface area contributed by atoms with Crippen LogP contribution in [0.2, 0.25) is 0 Å². The highest BCUT2D eigenvalue weighted by molar-refractivity contribution is 7.91. The van der Waals surface area contributed by atoms with Crippen LogP contribution in [-0.2, 0) is 77.6 Å². The van der Waals surface area contributed by atoms with E-state index in [0.29, 0.717) is 49.9 Å². The molecule has 2 heterocycles. The van der Waals surface area contributed by atoms with Crippen molar-refractivity contribution in [1.29, 1.82) is 0 Å². The first-order valence-corrected chi connectivity index (χ1v) is 44.1. The SMILES string of the molecule is CC(C)(C)[C@H](N)C(=O)N1C[C@H](ON=C2c3ccccc3-c3ccccc32)C[C@H]1C(=O)N[C@]1(C(=O)NS(=O)(=O)C2CC2)C[C@H]1C(F)F.COC(=O)N[C@H](C(=O)N[C@H](C(=O)N1C[C@H](ON=C2c3ccccc3-c3ccccc32)C[C@H]1C(=O)N[C@]1(C(=O)NS(=O)(=O)C2CC2)C[C@H]1C(F)F)C(C)(C)C)C1CCCCC1.COC(=O)N[C@H](C(=O)O)C1CCCCC1. The van der Waals surface area contributed by atoms with Gasteiger partial charge in [-0.25, -0.2) is 48.8 Å². The second-order valence-electron chi connectivity index (χ2n) is 35.1. The van der Waals surface area contributed by atoms with Gasteiger partial charge in [0.25, 0.3) is 11.8 Å². The van der Waals surface area contributed by atoms with Gasteiger partial charge in [0.2, 0.25) is 62.4 Å². The predicted octanol–water partition coefficient (Wildman–Crippen LogP) is 7.89. The number of benzene rings is 4. The number of ether oxygens (including phenoxy) is 2. The number of fused-ring (bicyclic) bond motifs is 6. The molecule has 37 heteroatoms. The average molecular weight is 1730 g/mol. The van der Waals surface area contributed by atoms with Gasteiger partial charge >= 0.3 is 18.2 Å². The molecule has 656 valence electrons. The highest BCUT2D eigenvalue weighted by atomic mass is 32.2. The Labute approximate surface area is 699 Å². The molecule has 8 aliphatic carbocycles. The summed E-state index contributed by atoms with van der Waals surface area (Å²) in [5.74, 6) is -10.7. The molecule has 2 saturated heterocycles. The molecule has 14 rings (SSSR count). The molecule has 0 spiro atoms. The minimum Gasteiger partial charge on any atom is -0.480 e. The maximum Gasteiger partial charge on any atom is 0.407 e. The Morgan fingerprint density at radius 3 is 1.14 bits per heavy atom. The molecule has 0 radical (unpaired) electrons. The fourth-order valence-electron chi connectivity index (χ4n) is 16.9. The van der Waals surface area contributed by atoms with Crippen molar-refractivity contribution < 1.29 is 107 Å². The molecule has 8 fully saturated rings. The molecule has 121 heavy (non-hydrogen) atoms. The van der Waals surface area contributed by atoms with Crippen LogP contribution < -0.4 is 41.8 Å². The number of alkyl carbamates (subject to hydrolysis) is 2. The average Bonchev–Trinajstić information content (AvgIpc) is 1.57. The zero-order valence-electron chi connectivity index (χ0n) is 68.6. The molecular weight excluding hydrogens is 1620 g/mol. The number of carboxylic acid groups (broad SMARTS) is 1. The number of likely N-dealkylation sites (tertiary alicyclic amines) is 2. The van der Waals surface area contributed by atoms with E-state index in [1.165, 1.54) is 24.0 Å². The second-order valence-corrected chi connectivity index (χ2v) is 39.0. The van der Waals surface area contributed by atoms with E-state index in [2.05, 4.69) is 41.6 Å². The summed E-state index contributed by atoms with van der Waals surface area (Å²) in [5.41, 5.74) is 8.59. The van der Waals surface area contributed by atoms with E-state index in [1.807, 2.05) is 107 Å². The normalized spacial score (nSPS) is 24.5. The first-order chi connectivity index (χ1) is 57.2. The van der Waals surface area contributed by atoms with Crippen LogP contribution in [0.3, 0.4) is 0 Å². The number of amides is 9. The standard InChI is InChI=1S/C42H52F2N6O9S.C32H37F2N5O6S.C10H17NO4/c1-41(2,3)34(46-37(52)32(45-40(55)58-4)23-12-6-5-7-13-23)38(53)50-22-24(59-48-33-28-16-10-8-14-26(28)27-15-9-11-17-29(27)33)20-31(50)36(51)47-42(21-30(42)35(43)44)39(54)49-60(56,57)25-18-19-25;1-31(2,3)26(35)29(41)39-16-17(45-37-25-21-10-6-4-8-19(21)20-9-5-7-11-22(20)25)14-24(39)28(40)36-32(15-23(32)27(33)34)30(42)38-46(43,44)18-12-13-18;1-15-10(14)11-8(9(12)13)7-5-3-2-4-6-7/h8-11,14-17,23-25,30-32,34-35H,5-7,12-13,18-22H2,1-4H3,(H,45,55)(H,46,52)(H,47,51)(H,49,54);4-11,17-18,23-24,26-27H,12-16,35H2,1-3H3,(H,36,40)(H,38,42);7-8H,2-6H2,1H3,(H,11,14)(H,12,13)/t24-,30+,31+,32+,34-,42-;17-,23+,24+,26-,32-;8-/m110/s1. The van der Waals surface area contributed by atoms with Crippen LogP contribution in [0.15, 0.2) is 107 Å². The minimum atomic E-state index is -4.16. The van der Waals surface area contributed by atoms with Gasteiger partial charge in [0.05, 0.1) is 55.7 Å². The lowest BCUT2D eigenvalue weighted by Crippen LogP contribution is -2.62. The fourth-order valence-corrected chi connectivity index (χ4v) is 19.7. The van der Waals surface area contributed by atoms with Gasteiger partial charge in [-0.1, -0.05) is 187 Å². The molecule has 9 amide bonds. The molecule has 2 aliphatic heterocycles. The van der Waals surface area contributed by atoms with Crippen LogP contribution in [0.4, 0.5) is 27.2 Å². The van der Waals surface area contributed by atoms with E-state index in [1.54, 1.807) is 41.5 Å². The minimum absolute atomic E-state index is 0.0374. The first-order valence-electron chi connectivity index (χ1n) is 41.0. The number of nitrogens with two attached hydrogens (primary N) is 1. The van der Waals surface area contributed by atoms with Gasteiger partial charge in [-0.2, -0.15) is 0 Å². The fraction of sp³-hybridized carbons (Fsp3) is 0.571. The van der Waals surface area contributed by atoms with Crippen LogP contribution in [-0.4, -0.2) is 213 Å². The third-order valence-electron chi connectivity index (χ3n) is 24.4. The number of halogens is 4. The highest BCUT2D eigenvalue weighted by Gasteiger charge is 2.68. The molecule has 10 N–H and O–H groups in total. The van der Waals surface area contributed by atoms with Crippen LogP contribution in [0.25, 0.3) is 22.3 Å². The van der Waals surface area contributed by atoms with Crippen LogP contribution in [0.5, 0.6) is 0 Å². The van der Waals surface area contributed by atoms with Crippen molar-refractivity contribution in [3.63, 3.8) is 0 Å². The Balaban J connectivity index is 0.000000193. The van der Waals surface area contributed by atoms with Gasteiger partial charge in [-0.15, -0.1) is 0 Å². The van der Waals surface area contributed by atoms with Crippen molar-refractivity contribution in [2.75, 3.05) is 27.3 Å². The van der Waals surface area contributed by atoms with Crippen LogP contribution in [0.1, 0.15) is 179 Å². The van der Waals surface area contributed by atoms with Gasteiger partial charge in [0, 0.05) is 35.1 Å². The van der Waals surface area contributed by atoms with E-state index in [-0.39, 0.29) is 37.8 Å². The highest BCUT2D eigenvalue weighted by Crippen LogP contribution is 2.51. The molecule has 4 aromatic rings. The van der Waals surface area contributed by atoms with Gasteiger partial charge in [-0.3, -0.25) is 43.0 Å². The van der Waals surface area contributed by atoms with Crippen molar-refractivity contribution in [3.05, 3.63) is 119 Å². The van der Waals surface area contributed by atoms with Gasteiger partial charge in [-0.05, 0) is 109 Å². The van der Waals surface area contributed by atoms with E-state index in [0.717, 1.165) is 95.9 Å². The first kappa shape index (κ1) is 89.9. The summed E-state index contributed by atoms with van der Waals surface area (Å²) >= 11 is 0. The smallest absolute Gasteiger partial charge is 0.407 e. The number of nitrogens with one attached hydrogen (secondary N) is 7. The lowest BCUT2D eigenvalue weighted by molar-refractivity contribution is -0.145. The Morgan fingerprint density at radius 1 is 0.488 bits per heavy atom. The maximum atomic E-state index is 14.9. The summed E-state index contributed by atoms with van der Waals surface area (Å²) < 4.78 is 120. The van der Waals surface area contributed by atoms with Gasteiger partial charge in [0.15, 0.2) is 0 Å². The maximum absolute atomic E-state index is 14.9. The number of oxime groups is 2. The number of aliphatic carboxylic acids is 1. The molecule has 6 saturated carbocycles. The quantitative estimate of drug-likeness (QED) is 0.0194. The molecule has 0 bridgehead atoms. The van der Waals surface area contributed by atoms with Crippen molar-refractivity contribution in [2.45, 2.75) is 240 Å². The van der Waals surface area contributed by atoms with Crippen LogP contribution >= 0.6 is 0 Å². The molecule has 31 nitrogen and oxygen atoms in total. The van der Waals surface area contributed by atoms with E-state index >= 15 is 0 Å². The van der Waals surface area contributed by atoms with E-state index in [9.17, 15) is 82.3 Å². The van der Waals surface area contributed by atoms with Crippen molar-refractivity contribution in [3.8, 4) is 22.3 Å². The number of hydrogen-bond donors (Lipinski definition) is 9. The molecule has 4 aromatic carbocycles. The Bertz CT molecular complexity index is 4840. The number of methoxy groups -OCH3 is 2. The largest absolute Gasteiger partial charge is 0.480 e. The zero-order chi connectivity index (χ0) is 87.6. The number of rotatable bonds is 25. The topological polar surface area (TPSA) is 438 Å². The number of hydrogen-bond acceptors (Lipinski definition) is 21. The molecule has 10 aliphatic rings. The van der Waals surface area contributed by atoms with Crippen molar-refractivity contribution >= 4 is 91.0 Å². The lowest BCUT2D eigenvalue weighted by Gasteiger charge is -2.37. The molecule has 0 aromatic heterocycles. The molecule has 0 unspecified atom stereocenters. The number of alkyl halides is 4. The van der Waals surface area contributed by atoms with Crippen LogP contribution in [0, 0.1) is 34.5 Å². The second kappa shape index (κ2) is 36.4. The number of carbonyl (C=O) groups is 10. The summed E-state index contributed by atoms with van der Waals surface area (Å²) in [6.45, 7) is 10.2. The van der Waals surface area contributed by atoms with Gasteiger partial charge in [0.1, 0.15) is 64.9 Å². The zero-order valence-corrected chi connectivity index (χ0v) is 70.2. The summed E-state index contributed by atoms with van der Waals surface area (Å²) in [5, 5.41) is 29.1. The Morgan fingerprint density at radius 2 is 0.826 bits per heavy atom. The molecular formula is C84H106F4N12O19S2. The predicted molar refractivity (Wildman–Crippen MR) is 433 cm³/mol. The summed E-state index contributed by atoms with van der Waals surface area (Å²) in [7, 11) is -5.81. The number of sulfonamides is 2. The third kappa shape index (κ3) is 20.1. The van der Waals surface area contributed by atoms with E-state index < -0.39 is 198 Å².